The van der Waals surface area contributed by atoms with Crippen LogP contribution in [0.3, 0.4) is 0 Å². The molecule has 0 saturated carbocycles. The van der Waals surface area contributed by atoms with E-state index < -0.39 is 6.29 Å². The first-order chi connectivity index (χ1) is 6.27. The van der Waals surface area contributed by atoms with Gasteiger partial charge in [0.1, 0.15) is 12.5 Å². The van der Waals surface area contributed by atoms with Crippen molar-refractivity contribution in [2.75, 3.05) is 0 Å². The zero-order valence-corrected chi connectivity index (χ0v) is 8.88. The van der Waals surface area contributed by atoms with E-state index in [9.17, 15) is 0 Å². The molecule has 1 aromatic rings. The van der Waals surface area contributed by atoms with Crippen molar-refractivity contribution in [3.8, 4) is 0 Å². The summed E-state index contributed by atoms with van der Waals surface area (Å²) in [6, 6.07) is 5.54. The monoisotopic (exact) mass is 260 g/mol. The molecule has 1 aromatic carbocycles. The fourth-order valence-corrected chi connectivity index (χ4v) is 1.67. The Bertz CT molecular complexity index is 343. The van der Waals surface area contributed by atoms with Crippen LogP contribution in [0.5, 0.6) is 0 Å². The zero-order chi connectivity index (χ0) is 9.26. The molecular weight excluding hydrogens is 255 g/mol. The van der Waals surface area contributed by atoms with E-state index in [1.165, 1.54) is 12.5 Å². The molecule has 2 rings (SSSR count). The van der Waals surface area contributed by atoms with Crippen LogP contribution in [0.1, 0.15) is 11.9 Å². The summed E-state index contributed by atoms with van der Waals surface area (Å²) in [5.41, 5.74) is 0.820. The summed E-state index contributed by atoms with van der Waals surface area (Å²) in [5, 5.41) is 0.636. The maximum absolute atomic E-state index is 5.97. The lowest BCUT2D eigenvalue weighted by Crippen LogP contribution is -1.98. The van der Waals surface area contributed by atoms with Crippen molar-refractivity contribution in [1.29, 1.82) is 0 Å². The van der Waals surface area contributed by atoms with Crippen LogP contribution < -0.4 is 0 Å². The predicted molar refractivity (Wildman–Crippen MR) is 53.2 cm³/mol. The van der Waals surface area contributed by atoms with Gasteiger partial charge in [0.05, 0.1) is 10.6 Å². The van der Waals surface area contributed by atoms with E-state index in [2.05, 4.69) is 15.9 Å². The number of benzene rings is 1. The van der Waals surface area contributed by atoms with E-state index in [4.69, 9.17) is 21.1 Å². The summed E-state index contributed by atoms with van der Waals surface area (Å²) < 4.78 is 11.3. The minimum atomic E-state index is -0.412. The molecule has 1 aliphatic heterocycles. The van der Waals surface area contributed by atoms with Crippen molar-refractivity contribution in [1.82, 2.24) is 0 Å². The topological polar surface area (TPSA) is 18.5 Å². The first-order valence-corrected chi connectivity index (χ1v) is 4.85. The summed E-state index contributed by atoms with van der Waals surface area (Å²) >= 11 is 9.32. The minimum Gasteiger partial charge on any atom is -0.455 e. The lowest BCUT2D eigenvalue weighted by atomic mass is 10.2. The van der Waals surface area contributed by atoms with E-state index in [-0.39, 0.29) is 0 Å². The Hall–Kier alpha value is -0.670. The van der Waals surface area contributed by atoms with Gasteiger partial charge in [0.2, 0.25) is 0 Å². The van der Waals surface area contributed by atoms with Gasteiger partial charge in [0, 0.05) is 4.47 Å². The van der Waals surface area contributed by atoms with Gasteiger partial charge in [-0.15, -0.1) is 0 Å². The molecule has 0 saturated heterocycles. The lowest BCUT2D eigenvalue weighted by Gasteiger charge is -2.12. The number of hydrogen-bond acceptors (Lipinski definition) is 2. The van der Waals surface area contributed by atoms with Gasteiger partial charge in [0.15, 0.2) is 0 Å². The molecule has 0 aliphatic carbocycles. The third kappa shape index (κ3) is 1.81. The molecule has 13 heavy (non-hydrogen) atoms. The molecule has 68 valence electrons. The Morgan fingerprint density at radius 3 is 2.62 bits per heavy atom. The van der Waals surface area contributed by atoms with E-state index >= 15 is 0 Å². The number of ether oxygens (including phenoxy) is 2. The van der Waals surface area contributed by atoms with Crippen LogP contribution in [0, 0.1) is 0 Å². The summed E-state index contributed by atoms with van der Waals surface area (Å²) in [7, 11) is 0. The van der Waals surface area contributed by atoms with Crippen molar-refractivity contribution >= 4 is 27.5 Å². The van der Waals surface area contributed by atoms with E-state index in [1.54, 1.807) is 6.07 Å². The van der Waals surface area contributed by atoms with Crippen LogP contribution in [0.15, 0.2) is 35.2 Å². The van der Waals surface area contributed by atoms with Crippen molar-refractivity contribution in [2.24, 2.45) is 0 Å². The molecule has 4 heteroatoms. The Morgan fingerprint density at radius 1 is 1.23 bits per heavy atom. The predicted octanol–water partition coefficient (Wildman–Crippen LogP) is 3.62. The van der Waals surface area contributed by atoms with E-state index in [0.29, 0.717) is 5.02 Å². The molecular formula is C9H6BrClO2. The summed E-state index contributed by atoms with van der Waals surface area (Å²) in [6.07, 6.45) is 2.59. The Balaban J connectivity index is 2.33. The van der Waals surface area contributed by atoms with Gasteiger partial charge >= 0.3 is 0 Å². The Labute approximate surface area is 89.2 Å². The first kappa shape index (κ1) is 8.91. The third-order valence-corrected chi connectivity index (χ3v) is 2.51. The van der Waals surface area contributed by atoms with Crippen LogP contribution in [-0.2, 0) is 9.47 Å². The highest BCUT2D eigenvalue weighted by atomic mass is 79.9. The first-order valence-electron chi connectivity index (χ1n) is 3.68. The maximum atomic E-state index is 5.97. The number of halogens is 2. The molecule has 1 aliphatic rings. The van der Waals surface area contributed by atoms with E-state index in [1.807, 2.05) is 12.1 Å². The molecule has 0 atom stereocenters. The SMILES string of the molecule is Clc1ccc(Br)cc1C1OC=CO1. The van der Waals surface area contributed by atoms with Crippen LogP contribution in [0.2, 0.25) is 5.02 Å². The van der Waals surface area contributed by atoms with Gasteiger partial charge in [-0.25, -0.2) is 0 Å². The third-order valence-electron chi connectivity index (χ3n) is 1.67. The number of hydrogen-bond donors (Lipinski definition) is 0. The Morgan fingerprint density at radius 2 is 1.92 bits per heavy atom. The Kier molecular flexibility index (Phi) is 2.47. The van der Waals surface area contributed by atoms with Crippen LogP contribution in [0.4, 0.5) is 0 Å². The molecule has 0 unspecified atom stereocenters. The second-order valence-corrected chi connectivity index (χ2v) is 3.86. The van der Waals surface area contributed by atoms with Crippen LogP contribution >= 0.6 is 27.5 Å². The molecule has 0 radical (unpaired) electrons. The van der Waals surface area contributed by atoms with Gasteiger partial charge in [0.25, 0.3) is 6.29 Å². The summed E-state index contributed by atoms with van der Waals surface area (Å²) in [6.45, 7) is 0. The largest absolute Gasteiger partial charge is 0.455 e. The molecule has 0 bridgehead atoms. The number of rotatable bonds is 1. The molecule has 0 aromatic heterocycles. The highest BCUT2D eigenvalue weighted by molar-refractivity contribution is 9.10. The molecule has 1 heterocycles. The van der Waals surface area contributed by atoms with Crippen LogP contribution in [-0.4, -0.2) is 0 Å². The fourth-order valence-electron chi connectivity index (χ4n) is 1.08. The van der Waals surface area contributed by atoms with Crippen molar-refractivity contribution in [3.63, 3.8) is 0 Å². The second kappa shape index (κ2) is 3.60. The smallest absolute Gasteiger partial charge is 0.267 e. The van der Waals surface area contributed by atoms with Crippen molar-refractivity contribution in [3.05, 3.63) is 45.8 Å². The summed E-state index contributed by atoms with van der Waals surface area (Å²) in [4.78, 5) is 0. The van der Waals surface area contributed by atoms with E-state index in [0.717, 1.165) is 10.0 Å². The minimum absolute atomic E-state index is 0.412. The quantitative estimate of drug-likeness (QED) is 0.769. The van der Waals surface area contributed by atoms with Gasteiger partial charge in [-0.1, -0.05) is 27.5 Å². The van der Waals surface area contributed by atoms with Gasteiger partial charge in [-0.2, -0.15) is 0 Å². The second-order valence-electron chi connectivity index (χ2n) is 2.54. The molecule has 2 nitrogen and oxygen atoms in total. The lowest BCUT2D eigenvalue weighted by molar-refractivity contribution is -0.0245. The molecule has 0 spiro atoms. The standard InChI is InChI=1S/C9H6BrClO2/c10-6-1-2-8(11)7(5-6)9-12-3-4-13-9/h1-5,9H. The zero-order valence-electron chi connectivity index (χ0n) is 6.54. The maximum Gasteiger partial charge on any atom is 0.267 e. The van der Waals surface area contributed by atoms with Gasteiger partial charge < -0.3 is 9.47 Å². The summed E-state index contributed by atoms with van der Waals surface area (Å²) in [5.74, 6) is 0. The highest BCUT2D eigenvalue weighted by Gasteiger charge is 2.18. The molecule has 0 N–H and O–H groups in total. The van der Waals surface area contributed by atoms with Crippen molar-refractivity contribution < 1.29 is 9.47 Å². The molecule has 0 amide bonds. The van der Waals surface area contributed by atoms with Crippen LogP contribution in [0.25, 0.3) is 0 Å². The average Bonchev–Trinajstić information content (AvgIpc) is 2.61. The van der Waals surface area contributed by atoms with Gasteiger partial charge in [-0.05, 0) is 18.2 Å². The average molecular weight is 262 g/mol. The van der Waals surface area contributed by atoms with Gasteiger partial charge in [-0.3, -0.25) is 0 Å². The highest BCUT2D eigenvalue weighted by Crippen LogP contribution is 2.31. The normalized spacial score (nSPS) is 15.5. The molecule has 0 fully saturated rings. The fraction of sp³-hybridized carbons (Fsp3) is 0.111. The van der Waals surface area contributed by atoms with Crippen molar-refractivity contribution in [2.45, 2.75) is 6.29 Å².